The normalized spacial score (nSPS) is 10.5. The van der Waals surface area contributed by atoms with Crippen LogP contribution in [-0.4, -0.2) is 11.5 Å². The Morgan fingerprint density at radius 3 is 2.94 bits per heavy atom. The van der Waals surface area contributed by atoms with E-state index in [9.17, 15) is 0 Å². The molecule has 0 amide bonds. The van der Waals surface area contributed by atoms with E-state index in [4.69, 9.17) is 5.73 Å². The van der Waals surface area contributed by atoms with Crippen LogP contribution in [-0.2, 0) is 13.1 Å². The highest BCUT2D eigenvalue weighted by molar-refractivity contribution is 7.09. The molecule has 2 aromatic heterocycles. The van der Waals surface area contributed by atoms with Crippen molar-refractivity contribution >= 4 is 17.2 Å². The molecule has 0 saturated carbocycles. The van der Waals surface area contributed by atoms with Gasteiger partial charge in [0.1, 0.15) is 5.82 Å². The molecule has 0 aliphatic heterocycles. The maximum atomic E-state index is 5.65. The second kappa shape index (κ2) is 5.80. The fraction of sp³-hybridized carbons (Fsp3) is 0.308. The van der Waals surface area contributed by atoms with Gasteiger partial charge in [-0.3, -0.25) is 0 Å². The average molecular weight is 247 g/mol. The lowest BCUT2D eigenvalue weighted by atomic mass is 10.2. The van der Waals surface area contributed by atoms with Gasteiger partial charge in [0, 0.05) is 24.2 Å². The number of thiophene rings is 1. The molecule has 0 fully saturated rings. The number of nitrogens with two attached hydrogens (primary N) is 1. The van der Waals surface area contributed by atoms with Crippen LogP contribution in [0.2, 0.25) is 0 Å². The van der Waals surface area contributed by atoms with E-state index < -0.39 is 0 Å². The van der Waals surface area contributed by atoms with Crippen LogP contribution in [0.25, 0.3) is 0 Å². The summed E-state index contributed by atoms with van der Waals surface area (Å²) in [6.07, 6.45) is 1.83. The number of nitrogens with zero attached hydrogens (tertiary/aromatic N) is 2. The molecule has 0 radical (unpaired) electrons. The molecular weight excluding hydrogens is 230 g/mol. The van der Waals surface area contributed by atoms with Crippen molar-refractivity contribution in [3.05, 3.63) is 46.3 Å². The molecule has 0 spiro atoms. The van der Waals surface area contributed by atoms with E-state index in [-0.39, 0.29) is 0 Å². The lowest BCUT2D eigenvalue weighted by Crippen LogP contribution is -2.22. The first-order chi connectivity index (χ1) is 8.33. The fourth-order valence-corrected chi connectivity index (χ4v) is 2.43. The first kappa shape index (κ1) is 12.1. The van der Waals surface area contributed by atoms with E-state index >= 15 is 0 Å². The lowest BCUT2D eigenvalue weighted by Gasteiger charge is -2.21. The van der Waals surface area contributed by atoms with Gasteiger partial charge in [-0.1, -0.05) is 6.07 Å². The molecule has 2 aromatic rings. The number of pyridine rings is 1. The van der Waals surface area contributed by atoms with Gasteiger partial charge in [-0.15, -0.1) is 11.3 Å². The lowest BCUT2D eigenvalue weighted by molar-refractivity contribution is 0.820. The van der Waals surface area contributed by atoms with E-state index in [0.717, 1.165) is 24.5 Å². The van der Waals surface area contributed by atoms with Gasteiger partial charge in [0.15, 0.2) is 0 Å². The minimum Gasteiger partial charge on any atom is -0.352 e. The highest BCUT2D eigenvalue weighted by Gasteiger charge is 2.07. The van der Waals surface area contributed by atoms with Gasteiger partial charge in [0.05, 0.1) is 6.54 Å². The molecule has 2 rings (SSSR count). The highest BCUT2D eigenvalue weighted by atomic mass is 32.1. The zero-order valence-electron chi connectivity index (χ0n) is 9.97. The molecule has 90 valence electrons. The Kier molecular flexibility index (Phi) is 4.12. The van der Waals surface area contributed by atoms with Crippen molar-refractivity contribution in [1.82, 2.24) is 4.98 Å². The van der Waals surface area contributed by atoms with Crippen LogP contribution >= 0.6 is 11.3 Å². The number of anilines is 1. The molecule has 0 aromatic carbocycles. The maximum absolute atomic E-state index is 5.65. The van der Waals surface area contributed by atoms with Crippen molar-refractivity contribution in [2.24, 2.45) is 5.73 Å². The van der Waals surface area contributed by atoms with Gasteiger partial charge < -0.3 is 10.6 Å². The molecule has 0 aliphatic carbocycles. The van der Waals surface area contributed by atoms with Crippen LogP contribution in [0.4, 0.5) is 5.82 Å². The molecule has 0 aliphatic rings. The average Bonchev–Trinajstić information content (AvgIpc) is 2.89. The van der Waals surface area contributed by atoms with Crippen molar-refractivity contribution in [2.45, 2.75) is 20.0 Å². The first-order valence-electron chi connectivity index (χ1n) is 5.75. The van der Waals surface area contributed by atoms with Crippen LogP contribution < -0.4 is 10.6 Å². The van der Waals surface area contributed by atoms with Crippen molar-refractivity contribution in [3.8, 4) is 0 Å². The van der Waals surface area contributed by atoms with Crippen molar-refractivity contribution in [1.29, 1.82) is 0 Å². The molecule has 2 N–H and O–H groups in total. The second-order valence-electron chi connectivity index (χ2n) is 3.82. The molecule has 17 heavy (non-hydrogen) atoms. The molecule has 0 unspecified atom stereocenters. The minimum absolute atomic E-state index is 0.562. The summed E-state index contributed by atoms with van der Waals surface area (Å²) in [7, 11) is 0. The van der Waals surface area contributed by atoms with Crippen LogP contribution in [0, 0.1) is 0 Å². The Labute approximate surface area is 106 Å². The smallest absolute Gasteiger partial charge is 0.129 e. The third-order valence-corrected chi connectivity index (χ3v) is 3.54. The summed E-state index contributed by atoms with van der Waals surface area (Å²) in [6.45, 7) is 4.56. The monoisotopic (exact) mass is 247 g/mol. The van der Waals surface area contributed by atoms with E-state index in [1.807, 2.05) is 12.3 Å². The standard InChI is InChI=1S/C13H17N3S/c1-2-16(10-12-4-3-7-17-12)13-8-11(9-14)5-6-15-13/h3-8H,2,9-10,14H2,1H3. The van der Waals surface area contributed by atoms with Gasteiger partial charge in [-0.05, 0) is 36.1 Å². The van der Waals surface area contributed by atoms with Gasteiger partial charge in [0.25, 0.3) is 0 Å². The highest BCUT2D eigenvalue weighted by Crippen LogP contribution is 2.18. The zero-order valence-corrected chi connectivity index (χ0v) is 10.8. The van der Waals surface area contributed by atoms with Crippen LogP contribution in [0.15, 0.2) is 35.8 Å². The largest absolute Gasteiger partial charge is 0.352 e. The Balaban J connectivity index is 2.16. The zero-order chi connectivity index (χ0) is 12.1. The summed E-state index contributed by atoms with van der Waals surface area (Å²) in [5, 5.41) is 2.10. The number of hydrogen-bond donors (Lipinski definition) is 1. The molecule has 3 nitrogen and oxygen atoms in total. The van der Waals surface area contributed by atoms with Crippen LogP contribution in [0.1, 0.15) is 17.4 Å². The van der Waals surface area contributed by atoms with E-state index in [2.05, 4.69) is 40.4 Å². The third kappa shape index (κ3) is 3.05. The number of hydrogen-bond acceptors (Lipinski definition) is 4. The van der Waals surface area contributed by atoms with E-state index in [1.165, 1.54) is 4.88 Å². The maximum Gasteiger partial charge on any atom is 0.129 e. The van der Waals surface area contributed by atoms with E-state index in [0.29, 0.717) is 6.54 Å². The van der Waals surface area contributed by atoms with Gasteiger partial charge >= 0.3 is 0 Å². The summed E-state index contributed by atoms with van der Waals surface area (Å²) in [6, 6.07) is 8.26. The molecule has 4 heteroatoms. The van der Waals surface area contributed by atoms with E-state index in [1.54, 1.807) is 11.3 Å². The van der Waals surface area contributed by atoms with Crippen LogP contribution in [0.5, 0.6) is 0 Å². The number of rotatable bonds is 5. The summed E-state index contributed by atoms with van der Waals surface area (Å²) in [5.74, 6) is 1.00. The van der Waals surface area contributed by atoms with Gasteiger partial charge in [0.2, 0.25) is 0 Å². The Bertz CT molecular complexity index is 453. The van der Waals surface area contributed by atoms with Gasteiger partial charge in [-0.25, -0.2) is 4.98 Å². The molecule has 0 bridgehead atoms. The second-order valence-corrected chi connectivity index (χ2v) is 4.85. The molecule has 2 heterocycles. The first-order valence-corrected chi connectivity index (χ1v) is 6.63. The third-order valence-electron chi connectivity index (χ3n) is 2.68. The SMILES string of the molecule is CCN(Cc1cccs1)c1cc(CN)ccn1. The predicted molar refractivity (Wildman–Crippen MR) is 73.2 cm³/mol. The Morgan fingerprint density at radius 2 is 2.29 bits per heavy atom. The molecule has 0 atom stereocenters. The molecule has 0 saturated heterocycles. The quantitative estimate of drug-likeness (QED) is 0.883. The topological polar surface area (TPSA) is 42.1 Å². The Morgan fingerprint density at radius 1 is 1.41 bits per heavy atom. The van der Waals surface area contributed by atoms with Gasteiger partial charge in [-0.2, -0.15) is 0 Å². The van der Waals surface area contributed by atoms with Crippen molar-refractivity contribution < 1.29 is 0 Å². The minimum atomic E-state index is 0.562. The fourth-order valence-electron chi connectivity index (χ4n) is 1.71. The molecular formula is C13H17N3S. The van der Waals surface area contributed by atoms with Crippen LogP contribution in [0.3, 0.4) is 0 Å². The summed E-state index contributed by atoms with van der Waals surface area (Å²) in [5.41, 5.74) is 6.78. The van der Waals surface area contributed by atoms with Crippen molar-refractivity contribution in [2.75, 3.05) is 11.4 Å². The summed E-state index contributed by atoms with van der Waals surface area (Å²) >= 11 is 1.78. The number of aromatic nitrogens is 1. The predicted octanol–water partition coefficient (Wildman–Crippen LogP) is 2.63. The van der Waals surface area contributed by atoms with Crippen molar-refractivity contribution in [3.63, 3.8) is 0 Å². The summed E-state index contributed by atoms with van der Waals surface area (Å²) in [4.78, 5) is 8.02. The summed E-state index contributed by atoms with van der Waals surface area (Å²) < 4.78 is 0. The Hall–Kier alpha value is -1.39.